The number of carbonyl (C=O) groups is 2. The summed E-state index contributed by atoms with van der Waals surface area (Å²) in [5.41, 5.74) is 1.05. The highest BCUT2D eigenvalue weighted by Crippen LogP contribution is 2.53. The molecular formula is C16H21N3O2. The molecule has 1 spiro atoms. The summed E-state index contributed by atoms with van der Waals surface area (Å²) in [6.45, 7) is 0.793. The number of aldehydes is 1. The van der Waals surface area contributed by atoms with Gasteiger partial charge in [0.1, 0.15) is 6.29 Å². The number of carbonyl (C=O) groups excluding carboxylic acids is 2. The zero-order valence-corrected chi connectivity index (χ0v) is 12.5. The summed E-state index contributed by atoms with van der Waals surface area (Å²) in [6.07, 6.45) is 2.53. The summed E-state index contributed by atoms with van der Waals surface area (Å²) in [6, 6.07) is 10.3. The minimum atomic E-state index is -0.194. The van der Waals surface area contributed by atoms with Crippen molar-refractivity contribution in [1.29, 1.82) is 0 Å². The summed E-state index contributed by atoms with van der Waals surface area (Å²) in [7, 11) is 4.17. The molecule has 0 bridgehead atoms. The van der Waals surface area contributed by atoms with E-state index in [4.69, 9.17) is 0 Å². The minimum Gasteiger partial charge on any atom is -0.331 e. The van der Waals surface area contributed by atoms with Crippen LogP contribution in [0.3, 0.4) is 0 Å². The van der Waals surface area contributed by atoms with Gasteiger partial charge in [-0.15, -0.1) is 0 Å². The molecule has 1 aliphatic carbocycles. The second-order valence-corrected chi connectivity index (χ2v) is 6.40. The van der Waals surface area contributed by atoms with Gasteiger partial charge in [-0.3, -0.25) is 4.90 Å². The van der Waals surface area contributed by atoms with E-state index in [0.717, 1.165) is 19.1 Å². The third-order valence-corrected chi connectivity index (χ3v) is 4.88. The molecule has 5 nitrogen and oxygen atoms in total. The topological polar surface area (TPSA) is 52.7 Å². The van der Waals surface area contributed by atoms with Crippen molar-refractivity contribution in [3.8, 4) is 0 Å². The van der Waals surface area contributed by atoms with Crippen LogP contribution in [0.15, 0.2) is 30.3 Å². The zero-order chi connectivity index (χ0) is 15.1. The Hall–Kier alpha value is -1.88. The van der Waals surface area contributed by atoms with E-state index in [9.17, 15) is 9.59 Å². The van der Waals surface area contributed by atoms with Crippen molar-refractivity contribution < 1.29 is 9.59 Å². The van der Waals surface area contributed by atoms with Crippen LogP contribution in [0.5, 0.6) is 0 Å². The maximum absolute atomic E-state index is 11.9. The fraction of sp³-hybridized carbons (Fsp3) is 0.500. The first kappa shape index (κ1) is 14.1. The Kier molecular flexibility index (Phi) is 3.24. The Morgan fingerprint density at radius 1 is 1.29 bits per heavy atom. The Labute approximate surface area is 124 Å². The molecule has 2 aliphatic rings. The molecule has 1 heterocycles. The molecule has 21 heavy (non-hydrogen) atoms. The van der Waals surface area contributed by atoms with Gasteiger partial charge >= 0.3 is 6.03 Å². The number of benzene rings is 1. The quantitative estimate of drug-likeness (QED) is 0.847. The van der Waals surface area contributed by atoms with Crippen LogP contribution in [-0.2, 0) is 10.3 Å². The van der Waals surface area contributed by atoms with Gasteiger partial charge in [0.15, 0.2) is 0 Å². The fourth-order valence-electron chi connectivity index (χ4n) is 3.81. The standard InChI is InChI=1S/C16H21N3O2/c1-18(2)16(13-6-4-3-5-7-13)10-15(11-16)12-19(8-9-20)14(21)17-15/h3-7,9H,8,10-12H2,1-2H3,(H,17,21). The van der Waals surface area contributed by atoms with Crippen LogP contribution in [0, 0.1) is 0 Å². The maximum Gasteiger partial charge on any atom is 0.318 e. The SMILES string of the molecule is CN(C)C1(c2ccccc2)CC2(CN(CC=O)C(=O)N2)C1. The number of nitrogens with one attached hydrogen (secondary N) is 1. The number of nitrogens with zero attached hydrogens (tertiary/aromatic N) is 2. The Balaban J connectivity index is 1.81. The zero-order valence-electron chi connectivity index (χ0n) is 12.5. The van der Waals surface area contributed by atoms with E-state index < -0.39 is 0 Å². The maximum atomic E-state index is 11.9. The van der Waals surface area contributed by atoms with E-state index in [1.165, 1.54) is 5.56 Å². The molecule has 2 amide bonds. The highest BCUT2D eigenvalue weighted by atomic mass is 16.2. The van der Waals surface area contributed by atoms with Crippen molar-refractivity contribution >= 4 is 12.3 Å². The first-order valence-electron chi connectivity index (χ1n) is 7.25. The van der Waals surface area contributed by atoms with Gasteiger partial charge < -0.3 is 15.0 Å². The van der Waals surface area contributed by atoms with Gasteiger partial charge in [0.05, 0.1) is 17.6 Å². The van der Waals surface area contributed by atoms with E-state index >= 15 is 0 Å². The first-order chi connectivity index (χ1) is 10.0. The van der Waals surface area contributed by atoms with Crippen LogP contribution in [0.1, 0.15) is 18.4 Å². The average molecular weight is 287 g/mol. The van der Waals surface area contributed by atoms with E-state index in [0.29, 0.717) is 6.54 Å². The van der Waals surface area contributed by atoms with Crippen LogP contribution in [-0.4, -0.2) is 54.8 Å². The summed E-state index contributed by atoms with van der Waals surface area (Å²) < 4.78 is 0. The van der Waals surface area contributed by atoms with Gasteiger partial charge in [0.2, 0.25) is 0 Å². The molecule has 1 aliphatic heterocycles. The normalized spacial score (nSPS) is 31.4. The van der Waals surface area contributed by atoms with Crippen LogP contribution < -0.4 is 5.32 Å². The van der Waals surface area contributed by atoms with E-state index in [2.05, 4.69) is 48.6 Å². The molecule has 5 heteroatoms. The molecule has 1 N–H and O–H groups in total. The predicted molar refractivity (Wildman–Crippen MR) is 79.9 cm³/mol. The first-order valence-corrected chi connectivity index (χ1v) is 7.25. The van der Waals surface area contributed by atoms with Gasteiger partial charge in [-0.2, -0.15) is 0 Å². The van der Waals surface area contributed by atoms with Crippen molar-refractivity contribution in [2.24, 2.45) is 0 Å². The summed E-state index contributed by atoms with van der Waals surface area (Å²) in [4.78, 5) is 26.4. The third kappa shape index (κ3) is 2.12. The van der Waals surface area contributed by atoms with Crippen molar-refractivity contribution in [3.05, 3.63) is 35.9 Å². The number of amides is 2. The lowest BCUT2D eigenvalue weighted by Crippen LogP contribution is -2.66. The molecule has 0 aromatic heterocycles. The molecular weight excluding hydrogens is 266 g/mol. The molecule has 1 aromatic rings. The molecule has 0 atom stereocenters. The molecule has 0 radical (unpaired) electrons. The van der Waals surface area contributed by atoms with E-state index in [-0.39, 0.29) is 23.7 Å². The van der Waals surface area contributed by atoms with Crippen LogP contribution in [0.4, 0.5) is 4.79 Å². The van der Waals surface area contributed by atoms with Crippen molar-refractivity contribution in [2.75, 3.05) is 27.2 Å². The smallest absolute Gasteiger partial charge is 0.318 e. The Bertz CT molecular complexity index is 550. The van der Waals surface area contributed by atoms with E-state index in [1.807, 2.05) is 6.07 Å². The fourth-order valence-corrected chi connectivity index (χ4v) is 3.81. The Morgan fingerprint density at radius 2 is 1.95 bits per heavy atom. The monoisotopic (exact) mass is 287 g/mol. The van der Waals surface area contributed by atoms with Crippen molar-refractivity contribution in [3.63, 3.8) is 0 Å². The molecule has 112 valence electrons. The van der Waals surface area contributed by atoms with E-state index in [1.54, 1.807) is 4.90 Å². The lowest BCUT2D eigenvalue weighted by molar-refractivity contribution is -0.108. The second-order valence-electron chi connectivity index (χ2n) is 6.40. The third-order valence-electron chi connectivity index (χ3n) is 4.88. The highest BCUT2D eigenvalue weighted by Gasteiger charge is 2.60. The van der Waals surface area contributed by atoms with Crippen molar-refractivity contribution in [2.45, 2.75) is 23.9 Å². The molecule has 3 rings (SSSR count). The number of urea groups is 1. The largest absolute Gasteiger partial charge is 0.331 e. The molecule has 1 saturated heterocycles. The minimum absolute atomic E-state index is 0.0360. The van der Waals surface area contributed by atoms with Crippen LogP contribution in [0.25, 0.3) is 0 Å². The van der Waals surface area contributed by atoms with Gasteiger partial charge in [0, 0.05) is 6.54 Å². The summed E-state index contributed by atoms with van der Waals surface area (Å²) >= 11 is 0. The van der Waals surface area contributed by atoms with Crippen molar-refractivity contribution in [1.82, 2.24) is 15.1 Å². The highest BCUT2D eigenvalue weighted by molar-refractivity contribution is 5.80. The number of hydrogen-bond donors (Lipinski definition) is 1. The lowest BCUT2D eigenvalue weighted by atomic mass is 9.59. The predicted octanol–water partition coefficient (Wildman–Crippen LogP) is 1.20. The number of rotatable bonds is 4. The number of hydrogen-bond acceptors (Lipinski definition) is 3. The molecule has 2 fully saturated rings. The second kappa shape index (κ2) is 4.84. The van der Waals surface area contributed by atoms with Gasteiger partial charge in [-0.05, 0) is 32.5 Å². The molecule has 0 unspecified atom stereocenters. The molecule has 1 saturated carbocycles. The lowest BCUT2D eigenvalue weighted by Gasteiger charge is -2.57. The van der Waals surface area contributed by atoms with Gasteiger partial charge in [-0.1, -0.05) is 30.3 Å². The Morgan fingerprint density at radius 3 is 2.52 bits per heavy atom. The molecule has 1 aromatic carbocycles. The van der Waals surface area contributed by atoms with Gasteiger partial charge in [0.25, 0.3) is 0 Å². The van der Waals surface area contributed by atoms with Crippen LogP contribution in [0.2, 0.25) is 0 Å². The average Bonchev–Trinajstić information content (AvgIpc) is 2.75. The van der Waals surface area contributed by atoms with Crippen LogP contribution >= 0.6 is 0 Å². The summed E-state index contributed by atoms with van der Waals surface area (Å²) in [5, 5.41) is 3.08. The summed E-state index contributed by atoms with van der Waals surface area (Å²) in [5.74, 6) is 0. The van der Waals surface area contributed by atoms with Gasteiger partial charge in [-0.25, -0.2) is 4.79 Å².